The van der Waals surface area contributed by atoms with Crippen LogP contribution in [0.5, 0.6) is 0 Å². The number of benzene rings is 1. The van der Waals surface area contributed by atoms with E-state index in [-0.39, 0.29) is 29.1 Å². The summed E-state index contributed by atoms with van der Waals surface area (Å²) in [7, 11) is -3.00. The van der Waals surface area contributed by atoms with Gasteiger partial charge in [0.15, 0.2) is 15.0 Å². The van der Waals surface area contributed by atoms with E-state index in [9.17, 15) is 18.0 Å². The number of anilines is 3. The van der Waals surface area contributed by atoms with E-state index in [0.29, 0.717) is 43.2 Å². The lowest BCUT2D eigenvalue weighted by molar-refractivity contribution is -0.123. The Labute approximate surface area is 190 Å². The van der Waals surface area contributed by atoms with Crippen molar-refractivity contribution in [3.05, 3.63) is 35.3 Å². The Hall–Kier alpha value is -2.70. The van der Waals surface area contributed by atoms with Gasteiger partial charge < -0.3 is 27.0 Å². The van der Waals surface area contributed by atoms with Gasteiger partial charge in [-0.05, 0) is 31.4 Å². The molecule has 32 heavy (non-hydrogen) atoms. The van der Waals surface area contributed by atoms with Crippen molar-refractivity contribution in [2.45, 2.75) is 30.8 Å². The highest BCUT2D eigenvalue weighted by atomic mass is 32.2. The highest BCUT2D eigenvalue weighted by molar-refractivity contribution is 7.91. The smallest absolute Gasteiger partial charge is 0.275 e. The summed E-state index contributed by atoms with van der Waals surface area (Å²) in [5.74, 6) is -0.608. The molecule has 2 aliphatic heterocycles. The number of carbonyl (C=O) groups is 2. The van der Waals surface area contributed by atoms with E-state index in [2.05, 4.69) is 20.5 Å². The Morgan fingerprint density at radius 3 is 2.59 bits per heavy atom. The van der Waals surface area contributed by atoms with Gasteiger partial charge in [0.25, 0.3) is 5.91 Å². The summed E-state index contributed by atoms with van der Waals surface area (Å²) in [5, 5.41) is 8.17. The first-order valence-corrected chi connectivity index (χ1v) is 13.0. The van der Waals surface area contributed by atoms with Crippen LogP contribution in [-0.2, 0) is 14.6 Å². The number of aromatic nitrogens is 1. The second-order valence-corrected chi connectivity index (χ2v) is 11.3. The lowest BCUT2D eigenvalue weighted by Crippen LogP contribution is -2.58. The molecule has 2 aliphatic rings. The van der Waals surface area contributed by atoms with Crippen molar-refractivity contribution in [2.75, 3.05) is 40.1 Å². The number of amides is 2. The summed E-state index contributed by atoms with van der Waals surface area (Å²) in [5.41, 5.74) is 12.2. The van der Waals surface area contributed by atoms with Crippen molar-refractivity contribution in [2.24, 2.45) is 11.5 Å². The van der Waals surface area contributed by atoms with Gasteiger partial charge in [-0.3, -0.25) is 9.59 Å². The minimum Gasteiger partial charge on any atom is -0.370 e. The lowest BCUT2D eigenvalue weighted by Gasteiger charge is -2.38. The summed E-state index contributed by atoms with van der Waals surface area (Å²) >= 11 is 1.26. The molecule has 1 unspecified atom stereocenters. The molecule has 3 heterocycles. The van der Waals surface area contributed by atoms with Gasteiger partial charge in [0, 0.05) is 24.5 Å². The van der Waals surface area contributed by atoms with Crippen molar-refractivity contribution >= 4 is 49.5 Å². The Kier molecular flexibility index (Phi) is 6.10. The molecule has 2 aromatic rings. The average Bonchev–Trinajstić information content (AvgIpc) is 3.35. The number of rotatable bonds is 6. The van der Waals surface area contributed by atoms with Crippen LogP contribution in [0.4, 0.5) is 16.5 Å². The summed E-state index contributed by atoms with van der Waals surface area (Å²) < 4.78 is 23.2. The second kappa shape index (κ2) is 8.68. The van der Waals surface area contributed by atoms with Crippen molar-refractivity contribution in [3.63, 3.8) is 0 Å². The topological polar surface area (TPSA) is 161 Å². The normalized spacial score (nSPS) is 21.8. The van der Waals surface area contributed by atoms with E-state index in [1.807, 2.05) is 18.2 Å². The van der Waals surface area contributed by atoms with Crippen LogP contribution in [0.1, 0.15) is 29.8 Å². The Morgan fingerprint density at radius 1 is 1.22 bits per heavy atom. The van der Waals surface area contributed by atoms with Crippen LogP contribution < -0.4 is 27.0 Å². The fourth-order valence-electron chi connectivity index (χ4n) is 3.96. The van der Waals surface area contributed by atoms with Crippen LogP contribution in [0.2, 0.25) is 0 Å². The van der Waals surface area contributed by atoms with Gasteiger partial charge in [-0.2, -0.15) is 0 Å². The zero-order chi connectivity index (χ0) is 22.9. The molecular formula is C20H26N6O4S2. The molecule has 0 saturated carbocycles. The van der Waals surface area contributed by atoms with Crippen LogP contribution in [0.15, 0.2) is 29.6 Å². The SMILES string of the molecule is NC(=O)C1(N)CCN(c2ccccc2NC(=O)c2csc(NC3CCS(=O)(=O)C3)n2)CC1. The minimum absolute atomic E-state index is 0.0805. The first kappa shape index (κ1) is 22.5. The third kappa shape index (κ3) is 4.87. The molecule has 0 bridgehead atoms. The van der Waals surface area contributed by atoms with Crippen molar-refractivity contribution in [1.82, 2.24) is 4.98 Å². The van der Waals surface area contributed by atoms with E-state index in [1.165, 1.54) is 11.3 Å². The van der Waals surface area contributed by atoms with Crippen molar-refractivity contribution in [3.8, 4) is 0 Å². The van der Waals surface area contributed by atoms with Gasteiger partial charge in [-0.15, -0.1) is 11.3 Å². The number of carbonyl (C=O) groups excluding carboxylic acids is 2. The number of hydrogen-bond acceptors (Lipinski definition) is 9. The zero-order valence-electron chi connectivity index (χ0n) is 17.4. The fraction of sp³-hybridized carbons (Fsp3) is 0.450. The minimum atomic E-state index is -3.00. The monoisotopic (exact) mass is 478 g/mol. The molecule has 1 atom stereocenters. The molecule has 1 aromatic heterocycles. The molecule has 2 fully saturated rings. The van der Waals surface area contributed by atoms with Gasteiger partial charge in [0.2, 0.25) is 5.91 Å². The van der Waals surface area contributed by atoms with Crippen LogP contribution in [0.3, 0.4) is 0 Å². The molecule has 1 aromatic carbocycles. The van der Waals surface area contributed by atoms with Gasteiger partial charge >= 0.3 is 0 Å². The number of sulfone groups is 1. The highest BCUT2D eigenvalue weighted by Crippen LogP contribution is 2.31. The van der Waals surface area contributed by atoms with Crippen LogP contribution in [0.25, 0.3) is 0 Å². The summed E-state index contributed by atoms with van der Waals surface area (Å²) in [6, 6.07) is 7.23. The molecule has 0 spiro atoms. The first-order valence-electron chi connectivity index (χ1n) is 10.3. The van der Waals surface area contributed by atoms with Gasteiger partial charge in [-0.25, -0.2) is 13.4 Å². The van der Waals surface area contributed by atoms with Gasteiger partial charge in [-0.1, -0.05) is 12.1 Å². The zero-order valence-corrected chi connectivity index (χ0v) is 19.0. The van der Waals surface area contributed by atoms with Gasteiger partial charge in [0.05, 0.1) is 28.4 Å². The van der Waals surface area contributed by atoms with Crippen molar-refractivity contribution in [1.29, 1.82) is 0 Å². The van der Waals surface area contributed by atoms with Crippen LogP contribution in [-0.4, -0.2) is 61.4 Å². The van der Waals surface area contributed by atoms with Crippen LogP contribution >= 0.6 is 11.3 Å². The quantitative estimate of drug-likeness (QED) is 0.474. The molecule has 2 amide bonds. The molecule has 4 rings (SSSR count). The van der Waals surface area contributed by atoms with E-state index < -0.39 is 21.3 Å². The van der Waals surface area contributed by atoms with E-state index >= 15 is 0 Å². The Balaban J connectivity index is 1.42. The number of piperidine rings is 1. The van der Waals surface area contributed by atoms with E-state index in [0.717, 1.165) is 5.69 Å². The average molecular weight is 479 g/mol. The third-order valence-electron chi connectivity index (χ3n) is 5.94. The number of nitrogens with zero attached hydrogens (tertiary/aromatic N) is 2. The number of para-hydroxylation sites is 2. The molecular weight excluding hydrogens is 452 g/mol. The fourth-order valence-corrected chi connectivity index (χ4v) is 6.40. The molecule has 172 valence electrons. The summed E-state index contributed by atoms with van der Waals surface area (Å²) in [6.45, 7) is 1.09. The molecule has 0 aliphatic carbocycles. The molecule has 6 N–H and O–H groups in total. The Morgan fingerprint density at radius 2 is 1.94 bits per heavy atom. The lowest BCUT2D eigenvalue weighted by atomic mass is 9.87. The summed E-state index contributed by atoms with van der Waals surface area (Å²) in [6.07, 6.45) is 1.40. The number of nitrogens with two attached hydrogens (primary N) is 2. The summed E-state index contributed by atoms with van der Waals surface area (Å²) in [4.78, 5) is 30.8. The maximum atomic E-state index is 12.8. The number of nitrogens with one attached hydrogen (secondary N) is 2. The molecule has 2 saturated heterocycles. The standard InChI is InChI=1S/C20H26N6O4S2/c21-18(28)20(22)6-8-26(9-7-20)16-4-2-1-3-14(16)24-17(27)15-11-31-19(25-15)23-13-5-10-32(29,30)12-13/h1-4,11,13H,5-10,12,22H2,(H2,21,28)(H,23,25)(H,24,27). The molecule has 10 nitrogen and oxygen atoms in total. The van der Waals surface area contributed by atoms with Gasteiger partial charge in [0.1, 0.15) is 5.69 Å². The predicted octanol–water partition coefficient (Wildman–Crippen LogP) is 0.777. The highest BCUT2D eigenvalue weighted by Gasteiger charge is 2.36. The van der Waals surface area contributed by atoms with E-state index in [4.69, 9.17) is 11.5 Å². The third-order valence-corrected chi connectivity index (χ3v) is 8.48. The predicted molar refractivity (Wildman–Crippen MR) is 125 cm³/mol. The largest absolute Gasteiger partial charge is 0.370 e. The molecule has 12 heteroatoms. The number of hydrogen-bond donors (Lipinski definition) is 4. The first-order chi connectivity index (χ1) is 15.2. The molecule has 0 radical (unpaired) electrons. The maximum Gasteiger partial charge on any atom is 0.275 e. The van der Waals surface area contributed by atoms with Crippen LogP contribution in [0, 0.1) is 0 Å². The van der Waals surface area contributed by atoms with Crippen molar-refractivity contribution < 1.29 is 18.0 Å². The number of primary amides is 1. The number of thiazole rings is 1. The Bertz CT molecular complexity index is 1120. The second-order valence-electron chi connectivity index (χ2n) is 8.26. The van der Waals surface area contributed by atoms with E-state index in [1.54, 1.807) is 11.4 Å². The maximum absolute atomic E-state index is 12.8.